The van der Waals surface area contributed by atoms with Gasteiger partial charge >= 0.3 is 5.87 Å². The smallest absolute Gasteiger partial charge is 0.307 e. The highest BCUT2D eigenvalue weighted by Crippen LogP contribution is 2.34. The molecule has 2 nitrogen and oxygen atoms in total. The number of benzene rings is 2. The predicted molar refractivity (Wildman–Crippen MR) is 294 cm³/mol. The number of hydrogen-bond donors (Lipinski definition) is 0. The molecular formula is C64H102N2. The van der Waals surface area contributed by atoms with Crippen molar-refractivity contribution < 1.29 is 4.79 Å². The van der Waals surface area contributed by atoms with Gasteiger partial charge in [-0.25, -0.2) is 0 Å². The van der Waals surface area contributed by atoms with Crippen LogP contribution in [0.4, 0.5) is 0 Å². The molecule has 0 fully saturated rings. The van der Waals surface area contributed by atoms with Crippen molar-refractivity contribution in [3.05, 3.63) is 99.6 Å². The SMILES string of the molecule is CCCCCCCCCCCCCCCC=CC(=C=[N+]=[N-])C(C)=C(c1cccc(CCCCCCCC)c1)c1ccccc1CCC#CCCCCCCCCCCCCCCCCCC. The Labute approximate surface area is 410 Å². The number of rotatable bonds is 43. The summed E-state index contributed by atoms with van der Waals surface area (Å²) < 4.78 is 0. The first-order valence-corrected chi connectivity index (χ1v) is 28.6. The van der Waals surface area contributed by atoms with Gasteiger partial charge in [-0.15, -0.1) is 16.6 Å². The topological polar surface area (TPSA) is 36.4 Å². The van der Waals surface area contributed by atoms with E-state index < -0.39 is 0 Å². The number of aryl methyl sites for hydroxylation is 2. The Kier molecular flexibility index (Phi) is 39.3. The van der Waals surface area contributed by atoms with Crippen LogP contribution in [-0.4, -0.2) is 10.7 Å². The molecule has 0 bridgehead atoms. The van der Waals surface area contributed by atoms with Gasteiger partial charge in [0.05, 0.1) is 0 Å². The molecule has 66 heavy (non-hydrogen) atoms. The monoisotopic (exact) mass is 899 g/mol. The van der Waals surface area contributed by atoms with Crippen LogP contribution in [-0.2, 0) is 12.8 Å². The standard InChI is InChI=1S/C64H102N2/c1-5-8-11-14-17-19-21-23-25-26-27-28-29-31-32-34-36-38-41-44-51-60-52-46-47-55-63(60)64(61-54-48-50-59(56-61)49-43-40-16-13-10-7-3)58(4)62(57-66-65)53-45-42-39-37-35-33-30-24-22-20-18-15-12-9-6-2/h45-48,50,52-56H,5-37,39-40,42-44,49,51H2,1-4H3. The molecule has 0 aliphatic heterocycles. The van der Waals surface area contributed by atoms with Gasteiger partial charge in [-0.1, -0.05) is 281 Å². The average Bonchev–Trinajstić information content (AvgIpc) is 3.33. The van der Waals surface area contributed by atoms with E-state index in [1.165, 1.54) is 253 Å². The van der Waals surface area contributed by atoms with Crippen LogP contribution in [0.15, 0.2) is 71.8 Å². The van der Waals surface area contributed by atoms with Crippen molar-refractivity contribution in [1.82, 2.24) is 0 Å². The first-order chi connectivity index (χ1) is 32.7. The van der Waals surface area contributed by atoms with E-state index in [2.05, 4.69) is 111 Å². The molecule has 0 radical (unpaired) electrons. The fraction of sp³-hybridized carbons (Fsp3) is 0.688. The molecule has 0 saturated heterocycles. The summed E-state index contributed by atoms with van der Waals surface area (Å²) in [5.41, 5.74) is 18.2. The fourth-order valence-electron chi connectivity index (χ4n) is 9.60. The van der Waals surface area contributed by atoms with Crippen LogP contribution in [0.1, 0.15) is 294 Å². The van der Waals surface area contributed by atoms with Crippen molar-refractivity contribution >= 4 is 11.4 Å². The second-order valence-corrected chi connectivity index (χ2v) is 19.8. The van der Waals surface area contributed by atoms with Gasteiger partial charge in [-0.05, 0) is 84.9 Å². The summed E-state index contributed by atoms with van der Waals surface area (Å²) in [7, 11) is 0. The molecule has 0 heterocycles. The molecule has 0 atom stereocenters. The summed E-state index contributed by atoms with van der Waals surface area (Å²) in [6.07, 6.45) is 57.3. The number of hydrogen-bond acceptors (Lipinski definition) is 0. The van der Waals surface area contributed by atoms with E-state index >= 15 is 0 Å². The lowest BCUT2D eigenvalue weighted by molar-refractivity contribution is 0.00767. The van der Waals surface area contributed by atoms with Gasteiger partial charge in [0.15, 0.2) is 0 Å². The second kappa shape index (κ2) is 44.2. The van der Waals surface area contributed by atoms with Crippen molar-refractivity contribution in [1.29, 1.82) is 0 Å². The number of unbranched alkanes of at least 4 members (excludes halogenated alkanes) is 34. The largest absolute Gasteiger partial charge is 0.348 e. The average molecular weight is 900 g/mol. The summed E-state index contributed by atoms with van der Waals surface area (Å²) in [5.74, 6) is 10.0. The van der Waals surface area contributed by atoms with E-state index in [4.69, 9.17) is 0 Å². The van der Waals surface area contributed by atoms with Crippen LogP contribution in [0, 0.1) is 11.8 Å². The van der Waals surface area contributed by atoms with Crippen molar-refractivity contribution in [3.63, 3.8) is 0 Å². The second-order valence-electron chi connectivity index (χ2n) is 19.8. The number of allylic oxidation sites excluding steroid dienone is 4. The Hall–Kier alpha value is -3.36. The first-order valence-electron chi connectivity index (χ1n) is 28.6. The number of nitrogens with zero attached hydrogens (tertiary/aromatic N) is 2. The molecule has 0 unspecified atom stereocenters. The van der Waals surface area contributed by atoms with Gasteiger partial charge in [0, 0.05) is 12.8 Å². The van der Waals surface area contributed by atoms with Crippen LogP contribution in [0.2, 0.25) is 0 Å². The molecule has 0 amide bonds. The Morgan fingerprint density at radius 1 is 0.485 bits per heavy atom. The van der Waals surface area contributed by atoms with Crippen LogP contribution in [0.25, 0.3) is 11.1 Å². The minimum atomic E-state index is 0.844. The Morgan fingerprint density at radius 3 is 1.45 bits per heavy atom. The van der Waals surface area contributed by atoms with Crippen LogP contribution in [0.3, 0.4) is 0 Å². The van der Waals surface area contributed by atoms with Gasteiger partial charge in [0.2, 0.25) is 0 Å². The molecule has 0 saturated carbocycles. The van der Waals surface area contributed by atoms with Crippen molar-refractivity contribution in [2.24, 2.45) is 0 Å². The molecule has 0 spiro atoms. The normalized spacial score (nSPS) is 11.6. The van der Waals surface area contributed by atoms with Gasteiger partial charge in [-0.2, -0.15) is 0 Å². The third kappa shape index (κ3) is 30.8. The summed E-state index contributed by atoms with van der Waals surface area (Å²) >= 11 is 0. The van der Waals surface area contributed by atoms with Crippen LogP contribution < -0.4 is 0 Å². The molecular weight excluding hydrogens is 797 g/mol. The molecule has 0 aromatic heterocycles. The summed E-state index contributed by atoms with van der Waals surface area (Å²) in [4.78, 5) is 3.47. The van der Waals surface area contributed by atoms with E-state index in [0.29, 0.717) is 0 Å². The maximum Gasteiger partial charge on any atom is 0.307 e. The van der Waals surface area contributed by atoms with Crippen molar-refractivity contribution in [2.75, 3.05) is 0 Å². The van der Waals surface area contributed by atoms with Crippen LogP contribution >= 0.6 is 0 Å². The Morgan fingerprint density at radius 2 is 0.939 bits per heavy atom. The minimum absolute atomic E-state index is 0.844. The Bertz CT molecular complexity index is 1670. The fourth-order valence-corrected chi connectivity index (χ4v) is 9.60. The maximum atomic E-state index is 9.86. The van der Waals surface area contributed by atoms with Crippen LogP contribution in [0.5, 0.6) is 0 Å². The van der Waals surface area contributed by atoms with E-state index in [0.717, 1.165) is 43.3 Å². The maximum absolute atomic E-state index is 9.86. The highest BCUT2D eigenvalue weighted by Gasteiger charge is 2.17. The van der Waals surface area contributed by atoms with Crippen molar-refractivity contribution in [3.8, 4) is 11.8 Å². The first kappa shape index (κ1) is 58.8. The molecule has 2 heteroatoms. The molecule has 2 aromatic rings. The Balaban J connectivity index is 1.98. The van der Waals surface area contributed by atoms with E-state index in [1.807, 2.05) is 0 Å². The van der Waals surface area contributed by atoms with Gasteiger partial charge in [0.1, 0.15) is 5.57 Å². The van der Waals surface area contributed by atoms with Gasteiger partial charge in [-0.3, -0.25) is 0 Å². The third-order valence-corrected chi connectivity index (χ3v) is 13.8. The zero-order valence-electron chi connectivity index (χ0n) is 44.0. The zero-order valence-corrected chi connectivity index (χ0v) is 44.0. The lowest BCUT2D eigenvalue weighted by Gasteiger charge is -2.17. The lowest BCUT2D eigenvalue weighted by atomic mass is 9.86. The lowest BCUT2D eigenvalue weighted by Crippen LogP contribution is -2.01. The van der Waals surface area contributed by atoms with E-state index in [1.54, 1.807) is 0 Å². The van der Waals surface area contributed by atoms with E-state index in [9.17, 15) is 5.53 Å². The highest BCUT2D eigenvalue weighted by molar-refractivity contribution is 5.88. The summed E-state index contributed by atoms with van der Waals surface area (Å²) in [6, 6.07) is 18.1. The van der Waals surface area contributed by atoms with Gasteiger partial charge in [0.25, 0.3) is 0 Å². The molecule has 2 aromatic carbocycles. The van der Waals surface area contributed by atoms with Crippen molar-refractivity contribution in [2.45, 2.75) is 285 Å². The summed E-state index contributed by atoms with van der Waals surface area (Å²) in [5, 5.41) is 0. The molecule has 0 aliphatic rings. The molecule has 368 valence electrons. The summed E-state index contributed by atoms with van der Waals surface area (Å²) in [6.45, 7) is 9.07. The predicted octanol–water partition coefficient (Wildman–Crippen LogP) is 20.9. The molecule has 0 aliphatic carbocycles. The highest BCUT2D eigenvalue weighted by atomic mass is 14.8. The zero-order chi connectivity index (χ0) is 47.2. The molecule has 0 N–H and O–H groups in total. The minimum Gasteiger partial charge on any atom is -0.348 e. The third-order valence-electron chi connectivity index (χ3n) is 13.8. The van der Waals surface area contributed by atoms with E-state index in [-0.39, 0.29) is 0 Å². The molecule has 2 rings (SSSR count). The quantitative estimate of drug-likeness (QED) is 0.0159. The van der Waals surface area contributed by atoms with Gasteiger partial charge < -0.3 is 5.53 Å².